The highest BCUT2D eigenvalue weighted by Crippen LogP contribution is 2.24. The highest BCUT2D eigenvalue weighted by Gasteiger charge is 2.08. The monoisotopic (exact) mass is 271 g/mol. The van der Waals surface area contributed by atoms with Gasteiger partial charge in [-0.15, -0.1) is 0 Å². The summed E-state index contributed by atoms with van der Waals surface area (Å²) in [6, 6.07) is 12.3. The van der Waals surface area contributed by atoms with Gasteiger partial charge in [-0.25, -0.2) is 0 Å². The van der Waals surface area contributed by atoms with Crippen LogP contribution < -0.4 is 10.6 Å². The fourth-order valence-electron chi connectivity index (χ4n) is 1.93. The van der Waals surface area contributed by atoms with E-state index in [0.29, 0.717) is 10.7 Å². The molecule has 0 saturated heterocycles. The lowest BCUT2D eigenvalue weighted by molar-refractivity contribution is 1.01. The molecule has 0 saturated carbocycles. The van der Waals surface area contributed by atoms with Gasteiger partial charge in [0.25, 0.3) is 0 Å². The van der Waals surface area contributed by atoms with Crippen molar-refractivity contribution < 1.29 is 0 Å². The zero-order chi connectivity index (χ0) is 13.8. The lowest BCUT2D eigenvalue weighted by atomic mass is 10.2. The van der Waals surface area contributed by atoms with Crippen LogP contribution in [0.1, 0.15) is 18.2 Å². The predicted octanol–water partition coefficient (Wildman–Crippen LogP) is 3.18. The van der Waals surface area contributed by atoms with E-state index in [1.165, 1.54) is 5.56 Å². The third-order valence-electron chi connectivity index (χ3n) is 2.97. The Hall–Kier alpha value is -1.94. The second-order valence-corrected chi connectivity index (χ2v) is 4.79. The number of hydrogen-bond acceptors (Lipinski definition) is 3. The number of hydrogen-bond donors (Lipinski definition) is 1. The zero-order valence-electron chi connectivity index (χ0n) is 11.1. The first kappa shape index (κ1) is 13.5. The van der Waals surface area contributed by atoms with Gasteiger partial charge in [0, 0.05) is 12.2 Å². The molecule has 0 radical (unpaired) electrons. The number of benzene rings is 1. The van der Waals surface area contributed by atoms with E-state index >= 15 is 0 Å². The van der Waals surface area contributed by atoms with Crippen molar-refractivity contribution in [2.24, 2.45) is 5.73 Å². The van der Waals surface area contributed by atoms with Crippen molar-refractivity contribution in [1.29, 1.82) is 0 Å². The molecule has 1 aromatic carbocycles. The summed E-state index contributed by atoms with van der Waals surface area (Å²) in [5, 5.41) is 0. The van der Waals surface area contributed by atoms with E-state index in [2.05, 4.69) is 48.0 Å². The number of nitrogens with two attached hydrogens (primary N) is 1. The van der Waals surface area contributed by atoms with Crippen molar-refractivity contribution in [2.45, 2.75) is 13.8 Å². The molecule has 2 rings (SSSR count). The number of anilines is 2. The maximum absolute atomic E-state index is 5.56. The Morgan fingerprint density at radius 2 is 1.79 bits per heavy atom. The summed E-state index contributed by atoms with van der Waals surface area (Å²) < 4.78 is 0. The standard InChI is InChI=1S/C15H17N3S/c1-3-18(12-6-4-11(2)5-7-12)13-8-9-14(15(16)19)17-10-13/h4-10H,3H2,1-2H3,(H2,16,19). The lowest BCUT2D eigenvalue weighted by Crippen LogP contribution is -2.17. The molecule has 4 heteroatoms. The average molecular weight is 271 g/mol. The molecule has 3 nitrogen and oxygen atoms in total. The van der Waals surface area contributed by atoms with Gasteiger partial charge >= 0.3 is 0 Å². The molecule has 0 aliphatic carbocycles. The zero-order valence-corrected chi connectivity index (χ0v) is 11.9. The van der Waals surface area contributed by atoms with Crippen LogP contribution in [0.15, 0.2) is 42.6 Å². The number of aromatic nitrogens is 1. The molecule has 0 aliphatic heterocycles. The van der Waals surface area contributed by atoms with Crippen molar-refractivity contribution in [2.75, 3.05) is 11.4 Å². The maximum atomic E-state index is 5.56. The molecule has 19 heavy (non-hydrogen) atoms. The summed E-state index contributed by atoms with van der Waals surface area (Å²) in [7, 11) is 0. The Labute approximate surface area is 119 Å². The minimum absolute atomic E-state index is 0.324. The highest BCUT2D eigenvalue weighted by atomic mass is 32.1. The molecular formula is C15H17N3S. The van der Waals surface area contributed by atoms with Gasteiger partial charge < -0.3 is 10.6 Å². The summed E-state index contributed by atoms with van der Waals surface area (Å²) >= 11 is 4.91. The Kier molecular flexibility index (Phi) is 4.12. The van der Waals surface area contributed by atoms with E-state index in [1.54, 1.807) is 6.20 Å². The Balaban J connectivity index is 2.31. The second kappa shape index (κ2) is 5.80. The van der Waals surface area contributed by atoms with Crippen LogP contribution in [-0.4, -0.2) is 16.5 Å². The summed E-state index contributed by atoms with van der Waals surface area (Å²) in [5.74, 6) is 0. The molecule has 1 heterocycles. The Bertz CT molecular complexity index is 561. The predicted molar refractivity (Wildman–Crippen MR) is 84.0 cm³/mol. The van der Waals surface area contributed by atoms with Gasteiger partial charge in [-0.1, -0.05) is 29.9 Å². The molecule has 2 N–H and O–H groups in total. The molecule has 1 aromatic heterocycles. The first-order valence-corrected chi connectivity index (χ1v) is 6.62. The van der Waals surface area contributed by atoms with Crippen molar-refractivity contribution in [3.05, 3.63) is 53.9 Å². The molecule has 0 aliphatic rings. The van der Waals surface area contributed by atoms with Gasteiger partial charge in [-0.2, -0.15) is 0 Å². The van der Waals surface area contributed by atoms with Crippen LogP contribution in [0, 0.1) is 6.92 Å². The van der Waals surface area contributed by atoms with E-state index in [9.17, 15) is 0 Å². The minimum atomic E-state index is 0.324. The molecule has 0 bridgehead atoms. The van der Waals surface area contributed by atoms with Gasteiger partial charge in [-0.3, -0.25) is 4.98 Å². The smallest absolute Gasteiger partial charge is 0.122 e. The van der Waals surface area contributed by atoms with Crippen LogP contribution in [-0.2, 0) is 0 Å². The number of pyridine rings is 1. The van der Waals surface area contributed by atoms with E-state index in [0.717, 1.165) is 17.9 Å². The van der Waals surface area contributed by atoms with Gasteiger partial charge in [-0.05, 0) is 38.1 Å². The second-order valence-electron chi connectivity index (χ2n) is 4.35. The van der Waals surface area contributed by atoms with E-state index in [-0.39, 0.29) is 0 Å². The Morgan fingerprint density at radius 3 is 2.26 bits per heavy atom. The average Bonchev–Trinajstić information content (AvgIpc) is 2.42. The van der Waals surface area contributed by atoms with Crippen molar-refractivity contribution >= 4 is 28.6 Å². The van der Waals surface area contributed by atoms with Crippen LogP contribution >= 0.6 is 12.2 Å². The first-order chi connectivity index (χ1) is 9.11. The normalized spacial score (nSPS) is 10.2. The van der Waals surface area contributed by atoms with E-state index in [1.807, 2.05) is 12.1 Å². The van der Waals surface area contributed by atoms with E-state index < -0.39 is 0 Å². The first-order valence-electron chi connectivity index (χ1n) is 6.22. The SMILES string of the molecule is CCN(c1ccc(C)cc1)c1ccc(C(N)=S)nc1. The molecule has 0 atom stereocenters. The third-order valence-corrected chi connectivity index (χ3v) is 3.18. The van der Waals surface area contributed by atoms with Crippen LogP contribution in [0.25, 0.3) is 0 Å². The van der Waals surface area contributed by atoms with Crippen LogP contribution in [0.3, 0.4) is 0 Å². The van der Waals surface area contributed by atoms with E-state index in [4.69, 9.17) is 18.0 Å². The van der Waals surface area contributed by atoms with Gasteiger partial charge in [0.2, 0.25) is 0 Å². The molecule has 2 aromatic rings. The van der Waals surface area contributed by atoms with Crippen LogP contribution in [0.2, 0.25) is 0 Å². The largest absolute Gasteiger partial charge is 0.388 e. The summed E-state index contributed by atoms with van der Waals surface area (Å²) in [5.41, 5.74) is 9.64. The lowest BCUT2D eigenvalue weighted by Gasteiger charge is -2.23. The summed E-state index contributed by atoms with van der Waals surface area (Å²) in [6.07, 6.45) is 1.80. The number of thiocarbonyl (C=S) groups is 1. The molecule has 0 amide bonds. The Morgan fingerprint density at radius 1 is 1.16 bits per heavy atom. The molecule has 0 spiro atoms. The minimum Gasteiger partial charge on any atom is -0.388 e. The molecule has 0 fully saturated rings. The number of nitrogens with zero attached hydrogens (tertiary/aromatic N) is 2. The summed E-state index contributed by atoms with van der Waals surface area (Å²) in [6.45, 7) is 5.07. The third kappa shape index (κ3) is 3.09. The van der Waals surface area contributed by atoms with Crippen molar-refractivity contribution in [3.63, 3.8) is 0 Å². The number of aryl methyl sites for hydroxylation is 1. The fraction of sp³-hybridized carbons (Fsp3) is 0.200. The molecule has 98 valence electrons. The summed E-state index contributed by atoms with van der Waals surface area (Å²) in [4.78, 5) is 6.80. The highest BCUT2D eigenvalue weighted by molar-refractivity contribution is 7.80. The quantitative estimate of drug-likeness (QED) is 0.867. The van der Waals surface area contributed by atoms with Crippen LogP contribution in [0.5, 0.6) is 0 Å². The topological polar surface area (TPSA) is 42.1 Å². The van der Waals surface area contributed by atoms with Gasteiger partial charge in [0.05, 0.1) is 17.6 Å². The molecular weight excluding hydrogens is 254 g/mol. The van der Waals surface area contributed by atoms with Crippen LogP contribution in [0.4, 0.5) is 11.4 Å². The maximum Gasteiger partial charge on any atom is 0.122 e. The van der Waals surface area contributed by atoms with Gasteiger partial charge in [0.1, 0.15) is 4.99 Å². The fourth-order valence-corrected chi connectivity index (χ4v) is 2.05. The van der Waals surface area contributed by atoms with Crippen molar-refractivity contribution in [1.82, 2.24) is 4.98 Å². The van der Waals surface area contributed by atoms with Crippen molar-refractivity contribution in [3.8, 4) is 0 Å². The number of rotatable bonds is 4. The van der Waals surface area contributed by atoms with Gasteiger partial charge in [0.15, 0.2) is 0 Å². The molecule has 0 unspecified atom stereocenters.